The van der Waals surface area contributed by atoms with Gasteiger partial charge in [0.1, 0.15) is 0 Å². The van der Waals surface area contributed by atoms with E-state index in [0.717, 1.165) is 12.0 Å². The van der Waals surface area contributed by atoms with E-state index in [1.165, 1.54) is 11.8 Å². The van der Waals surface area contributed by atoms with Crippen molar-refractivity contribution in [3.05, 3.63) is 35.4 Å². The van der Waals surface area contributed by atoms with Gasteiger partial charge in [0.15, 0.2) is 14.6 Å². The topological polar surface area (TPSA) is 75.3 Å². The first-order chi connectivity index (χ1) is 10.9. The Morgan fingerprint density at radius 2 is 1.71 bits per heavy atom. The first-order valence-electron chi connectivity index (χ1n) is 8.15. The maximum atomic E-state index is 12.5. The molecule has 1 heterocycles. The molecule has 0 aromatic heterocycles. The minimum absolute atomic E-state index is 0. The van der Waals surface area contributed by atoms with Gasteiger partial charge in [0.05, 0.1) is 0 Å². The number of hydrogen-bond acceptors (Lipinski definition) is 4. The van der Waals surface area contributed by atoms with Crippen LogP contribution in [0.25, 0.3) is 0 Å². The van der Waals surface area contributed by atoms with E-state index in [2.05, 4.69) is 41.8 Å². The molecular weight excluding hydrogens is 348 g/mol. The lowest BCUT2D eigenvalue weighted by Gasteiger charge is -2.34. The molecule has 0 atom stereocenters. The maximum absolute atomic E-state index is 12.5. The second-order valence-corrected chi connectivity index (χ2v) is 8.52. The molecule has 0 bridgehead atoms. The van der Waals surface area contributed by atoms with E-state index in [9.17, 15) is 13.2 Å². The largest absolute Gasteiger partial charge is 0.354 e. The molecule has 1 aliphatic heterocycles. The van der Waals surface area contributed by atoms with Crippen molar-refractivity contribution in [1.29, 1.82) is 0 Å². The van der Waals surface area contributed by atoms with Crippen LogP contribution >= 0.6 is 12.4 Å². The van der Waals surface area contributed by atoms with Crippen LogP contribution in [0, 0.1) is 0 Å². The molecule has 0 spiro atoms. The van der Waals surface area contributed by atoms with Crippen LogP contribution in [0.3, 0.4) is 0 Å². The lowest BCUT2D eigenvalue weighted by atomic mass is 9.95. The molecule has 1 saturated heterocycles. The smallest absolute Gasteiger partial charge is 0.241 e. The average Bonchev–Trinajstić information content (AvgIpc) is 2.55. The van der Waals surface area contributed by atoms with E-state index in [0.29, 0.717) is 38.9 Å². The van der Waals surface area contributed by atoms with Gasteiger partial charge in [-0.05, 0) is 49.9 Å². The number of halogens is 1. The third-order valence-corrected chi connectivity index (χ3v) is 6.68. The standard InChI is InChI=1S/C17H26N2O3S.ClH/c1-3-14-4-6-15(7-5-14)8-11-19-16(20)17(23(2,21)22)9-12-18-13-10-17;/h4-7,18H,3,8-13H2,1-2H3,(H,19,20);1H. The zero-order valence-electron chi connectivity index (χ0n) is 14.3. The summed E-state index contributed by atoms with van der Waals surface area (Å²) in [6.45, 7) is 3.67. The fraction of sp³-hybridized carbons (Fsp3) is 0.588. The molecule has 1 aliphatic rings. The number of benzene rings is 1. The van der Waals surface area contributed by atoms with Gasteiger partial charge in [0, 0.05) is 12.8 Å². The summed E-state index contributed by atoms with van der Waals surface area (Å²) in [7, 11) is -3.44. The summed E-state index contributed by atoms with van der Waals surface area (Å²) >= 11 is 0. The van der Waals surface area contributed by atoms with Crippen molar-refractivity contribution in [2.45, 2.75) is 37.4 Å². The molecule has 0 saturated carbocycles. The Bertz CT molecular complexity index is 638. The lowest BCUT2D eigenvalue weighted by molar-refractivity contribution is -0.124. The van der Waals surface area contributed by atoms with Crippen LogP contribution in [0.2, 0.25) is 0 Å². The number of amides is 1. The fourth-order valence-corrected chi connectivity index (χ4v) is 4.37. The molecule has 1 aromatic rings. The molecule has 1 fully saturated rings. The molecule has 24 heavy (non-hydrogen) atoms. The monoisotopic (exact) mass is 374 g/mol. The zero-order chi connectivity index (χ0) is 16.9. The van der Waals surface area contributed by atoms with Crippen LogP contribution in [0.4, 0.5) is 0 Å². The SMILES string of the molecule is CCc1ccc(CCNC(=O)C2(S(C)(=O)=O)CCNCC2)cc1.Cl. The molecule has 0 aliphatic carbocycles. The maximum Gasteiger partial charge on any atom is 0.241 e. The van der Waals surface area contributed by atoms with Gasteiger partial charge in [0.25, 0.3) is 0 Å². The van der Waals surface area contributed by atoms with Crippen molar-refractivity contribution in [2.24, 2.45) is 0 Å². The van der Waals surface area contributed by atoms with Gasteiger partial charge in [-0.1, -0.05) is 31.2 Å². The van der Waals surface area contributed by atoms with Crippen LogP contribution in [0.15, 0.2) is 24.3 Å². The second kappa shape index (κ2) is 8.83. The molecule has 0 unspecified atom stereocenters. The summed E-state index contributed by atoms with van der Waals surface area (Å²) < 4.78 is 23.1. The first-order valence-corrected chi connectivity index (χ1v) is 10.0. The number of sulfone groups is 1. The van der Waals surface area contributed by atoms with E-state index in [4.69, 9.17) is 0 Å². The highest BCUT2D eigenvalue weighted by molar-refractivity contribution is 7.92. The van der Waals surface area contributed by atoms with Crippen LogP contribution in [0.5, 0.6) is 0 Å². The molecule has 1 aromatic carbocycles. The van der Waals surface area contributed by atoms with E-state index in [1.807, 2.05) is 0 Å². The first kappa shape index (κ1) is 20.9. The molecular formula is C17H27ClN2O3S. The summed E-state index contributed by atoms with van der Waals surface area (Å²) in [5.74, 6) is -0.355. The summed E-state index contributed by atoms with van der Waals surface area (Å²) in [5.41, 5.74) is 2.42. The summed E-state index contributed by atoms with van der Waals surface area (Å²) in [5, 5.41) is 5.95. The van der Waals surface area contributed by atoms with E-state index < -0.39 is 14.6 Å². The third-order valence-electron chi connectivity index (χ3n) is 4.67. The van der Waals surface area contributed by atoms with Crippen molar-refractivity contribution in [2.75, 3.05) is 25.9 Å². The molecule has 2 N–H and O–H groups in total. The van der Waals surface area contributed by atoms with Crippen LogP contribution in [-0.2, 0) is 27.5 Å². The number of rotatable bonds is 6. The Balaban J connectivity index is 0.00000288. The molecule has 2 rings (SSSR count). The normalized spacial score (nSPS) is 16.9. The van der Waals surface area contributed by atoms with E-state index >= 15 is 0 Å². The Kier molecular flexibility index (Phi) is 7.70. The quantitative estimate of drug-likeness (QED) is 0.791. The second-order valence-electron chi connectivity index (χ2n) is 6.19. The number of piperidine rings is 1. The Labute approximate surface area is 150 Å². The van der Waals surface area contributed by atoms with Crippen LogP contribution < -0.4 is 10.6 Å². The van der Waals surface area contributed by atoms with Gasteiger partial charge in [-0.2, -0.15) is 0 Å². The van der Waals surface area contributed by atoms with Gasteiger partial charge < -0.3 is 10.6 Å². The number of nitrogens with one attached hydrogen (secondary N) is 2. The highest BCUT2D eigenvalue weighted by Gasteiger charge is 2.48. The number of hydrogen-bond donors (Lipinski definition) is 2. The average molecular weight is 375 g/mol. The van der Waals surface area contributed by atoms with Crippen molar-refractivity contribution in [1.82, 2.24) is 10.6 Å². The number of carbonyl (C=O) groups excluding carboxylic acids is 1. The predicted molar refractivity (Wildman–Crippen MR) is 99.5 cm³/mol. The predicted octanol–water partition coefficient (Wildman–Crippen LogP) is 1.50. The Hall–Kier alpha value is -1.11. The van der Waals surface area contributed by atoms with Gasteiger partial charge in [-0.15, -0.1) is 12.4 Å². The minimum atomic E-state index is -3.44. The van der Waals surface area contributed by atoms with Crippen molar-refractivity contribution < 1.29 is 13.2 Å². The summed E-state index contributed by atoms with van der Waals surface area (Å²) in [6, 6.07) is 8.29. The number of carbonyl (C=O) groups is 1. The molecule has 5 nitrogen and oxygen atoms in total. The van der Waals surface area contributed by atoms with Crippen LogP contribution in [-0.4, -0.2) is 45.0 Å². The minimum Gasteiger partial charge on any atom is -0.354 e. The Morgan fingerprint density at radius 3 is 2.21 bits per heavy atom. The van der Waals surface area contributed by atoms with Gasteiger partial charge >= 0.3 is 0 Å². The van der Waals surface area contributed by atoms with Gasteiger partial charge in [-0.25, -0.2) is 8.42 Å². The van der Waals surface area contributed by atoms with E-state index in [1.54, 1.807) is 0 Å². The van der Waals surface area contributed by atoms with Crippen molar-refractivity contribution in [3.8, 4) is 0 Å². The molecule has 136 valence electrons. The Morgan fingerprint density at radius 1 is 1.17 bits per heavy atom. The number of aryl methyl sites for hydroxylation is 1. The summed E-state index contributed by atoms with van der Waals surface area (Å²) in [4.78, 5) is 12.5. The van der Waals surface area contributed by atoms with E-state index in [-0.39, 0.29) is 18.3 Å². The molecule has 1 amide bonds. The van der Waals surface area contributed by atoms with Gasteiger partial charge in [0.2, 0.25) is 5.91 Å². The lowest BCUT2D eigenvalue weighted by Crippen LogP contribution is -2.57. The highest BCUT2D eigenvalue weighted by atomic mass is 35.5. The third kappa shape index (κ3) is 4.71. The highest BCUT2D eigenvalue weighted by Crippen LogP contribution is 2.27. The van der Waals surface area contributed by atoms with Gasteiger partial charge in [-0.3, -0.25) is 4.79 Å². The molecule has 0 radical (unpaired) electrons. The van der Waals surface area contributed by atoms with Crippen molar-refractivity contribution >= 4 is 28.2 Å². The van der Waals surface area contributed by atoms with Crippen LogP contribution in [0.1, 0.15) is 30.9 Å². The van der Waals surface area contributed by atoms with Crippen molar-refractivity contribution in [3.63, 3.8) is 0 Å². The summed E-state index contributed by atoms with van der Waals surface area (Å²) in [6.07, 6.45) is 3.54. The molecule has 7 heteroatoms. The fourth-order valence-electron chi connectivity index (χ4n) is 3.02. The zero-order valence-corrected chi connectivity index (χ0v) is 15.9.